The van der Waals surface area contributed by atoms with E-state index >= 15 is 0 Å². The summed E-state index contributed by atoms with van der Waals surface area (Å²) in [4.78, 5) is 0. The third-order valence-corrected chi connectivity index (χ3v) is 2.81. The number of nitrogens with two attached hydrogens (primary N) is 1. The minimum absolute atomic E-state index is 0.262. The van der Waals surface area contributed by atoms with E-state index in [1.165, 1.54) is 3.57 Å². The number of hydrogen-bond acceptors (Lipinski definition) is 2. The van der Waals surface area contributed by atoms with Crippen LogP contribution in [-0.2, 0) is 0 Å². The molecule has 0 heterocycles. The van der Waals surface area contributed by atoms with Gasteiger partial charge in [0.1, 0.15) is 0 Å². The molecule has 0 fully saturated rings. The number of aliphatic hydroxyl groups excluding tert-OH is 1. The van der Waals surface area contributed by atoms with Crippen molar-refractivity contribution in [2.24, 2.45) is 5.73 Å². The number of rotatable bonds is 3. The third kappa shape index (κ3) is 2.93. The van der Waals surface area contributed by atoms with E-state index in [0.717, 1.165) is 5.56 Å². The summed E-state index contributed by atoms with van der Waals surface area (Å²) in [6, 6.07) is 7.66. The average Bonchev–Trinajstić information content (AvgIpc) is 2.17. The Morgan fingerprint density at radius 1 is 1.38 bits per heavy atom. The van der Waals surface area contributed by atoms with Gasteiger partial charge >= 0.3 is 0 Å². The molecule has 2 unspecified atom stereocenters. The Hall–Kier alpha value is -0.130. The van der Waals surface area contributed by atoms with E-state index in [4.69, 9.17) is 5.73 Å². The number of halogens is 1. The SMILES string of the molecule is CCC(O)C(N)c1ccc(I)cc1. The van der Waals surface area contributed by atoms with Crippen molar-refractivity contribution in [3.8, 4) is 0 Å². The number of hydrogen-bond donors (Lipinski definition) is 2. The van der Waals surface area contributed by atoms with Crippen LogP contribution in [0.3, 0.4) is 0 Å². The van der Waals surface area contributed by atoms with Crippen molar-refractivity contribution in [3.63, 3.8) is 0 Å². The number of aliphatic hydroxyl groups is 1. The zero-order chi connectivity index (χ0) is 9.84. The van der Waals surface area contributed by atoms with Gasteiger partial charge in [-0.1, -0.05) is 19.1 Å². The molecule has 3 heteroatoms. The lowest BCUT2D eigenvalue weighted by Crippen LogP contribution is -2.25. The molecule has 0 radical (unpaired) electrons. The lowest BCUT2D eigenvalue weighted by atomic mass is 10.0. The molecule has 0 amide bonds. The highest BCUT2D eigenvalue weighted by Crippen LogP contribution is 2.17. The summed E-state index contributed by atoms with van der Waals surface area (Å²) >= 11 is 2.24. The topological polar surface area (TPSA) is 46.2 Å². The Morgan fingerprint density at radius 3 is 2.38 bits per heavy atom. The Morgan fingerprint density at radius 2 is 1.92 bits per heavy atom. The summed E-state index contributed by atoms with van der Waals surface area (Å²) in [5.74, 6) is 0. The van der Waals surface area contributed by atoms with Gasteiger partial charge in [0.05, 0.1) is 12.1 Å². The molecule has 0 aromatic heterocycles. The quantitative estimate of drug-likeness (QED) is 0.837. The highest BCUT2D eigenvalue weighted by molar-refractivity contribution is 14.1. The van der Waals surface area contributed by atoms with E-state index in [-0.39, 0.29) is 6.04 Å². The molecule has 13 heavy (non-hydrogen) atoms. The van der Waals surface area contributed by atoms with Crippen LogP contribution >= 0.6 is 22.6 Å². The zero-order valence-corrected chi connectivity index (χ0v) is 9.73. The smallest absolute Gasteiger partial charge is 0.0730 e. The Balaban J connectivity index is 2.77. The molecular weight excluding hydrogens is 277 g/mol. The lowest BCUT2D eigenvalue weighted by Gasteiger charge is -2.17. The zero-order valence-electron chi connectivity index (χ0n) is 7.57. The van der Waals surface area contributed by atoms with Crippen LogP contribution in [0.25, 0.3) is 0 Å². The fraction of sp³-hybridized carbons (Fsp3) is 0.400. The molecule has 72 valence electrons. The van der Waals surface area contributed by atoms with Crippen molar-refractivity contribution in [2.45, 2.75) is 25.5 Å². The van der Waals surface area contributed by atoms with E-state index in [9.17, 15) is 5.11 Å². The summed E-state index contributed by atoms with van der Waals surface area (Å²) in [6.07, 6.45) is 0.243. The molecule has 2 atom stereocenters. The average molecular weight is 291 g/mol. The molecule has 0 aliphatic rings. The van der Waals surface area contributed by atoms with Gasteiger partial charge in [0.25, 0.3) is 0 Å². The fourth-order valence-corrected chi connectivity index (χ4v) is 1.52. The van der Waals surface area contributed by atoms with Gasteiger partial charge in [-0.2, -0.15) is 0 Å². The van der Waals surface area contributed by atoms with E-state index in [0.29, 0.717) is 6.42 Å². The van der Waals surface area contributed by atoms with E-state index in [1.807, 2.05) is 31.2 Å². The minimum atomic E-state index is -0.444. The van der Waals surface area contributed by atoms with Gasteiger partial charge in [0, 0.05) is 3.57 Å². The number of benzene rings is 1. The molecule has 3 N–H and O–H groups in total. The van der Waals surface area contributed by atoms with E-state index < -0.39 is 6.10 Å². The summed E-state index contributed by atoms with van der Waals surface area (Å²) in [5.41, 5.74) is 6.84. The van der Waals surface area contributed by atoms with Gasteiger partial charge in [-0.25, -0.2) is 0 Å². The Labute approximate surface area is 92.3 Å². The van der Waals surface area contributed by atoms with Gasteiger partial charge in [-0.15, -0.1) is 0 Å². The van der Waals surface area contributed by atoms with Crippen molar-refractivity contribution in [3.05, 3.63) is 33.4 Å². The summed E-state index contributed by atoms with van der Waals surface area (Å²) < 4.78 is 1.18. The van der Waals surface area contributed by atoms with Crippen LogP contribution in [0.1, 0.15) is 24.9 Å². The van der Waals surface area contributed by atoms with Gasteiger partial charge in [0.2, 0.25) is 0 Å². The second-order valence-corrected chi connectivity index (χ2v) is 4.30. The Bertz CT molecular complexity index is 260. The van der Waals surface area contributed by atoms with Crippen LogP contribution in [0.15, 0.2) is 24.3 Å². The first-order valence-corrected chi connectivity index (χ1v) is 5.42. The maximum atomic E-state index is 9.52. The van der Waals surface area contributed by atoms with Crippen LogP contribution in [0.5, 0.6) is 0 Å². The molecule has 1 aromatic rings. The molecule has 0 aliphatic heterocycles. The monoisotopic (exact) mass is 291 g/mol. The maximum Gasteiger partial charge on any atom is 0.0730 e. The van der Waals surface area contributed by atoms with Crippen molar-refractivity contribution >= 4 is 22.6 Å². The fourth-order valence-electron chi connectivity index (χ4n) is 1.16. The molecule has 2 nitrogen and oxygen atoms in total. The largest absolute Gasteiger partial charge is 0.391 e. The highest BCUT2D eigenvalue weighted by Gasteiger charge is 2.13. The van der Waals surface area contributed by atoms with E-state index in [1.54, 1.807) is 0 Å². The van der Waals surface area contributed by atoms with Gasteiger partial charge in [-0.05, 0) is 46.7 Å². The second kappa shape index (κ2) is 4.93. The highest BCUT2D eigenvalue weighted by atomic mass is 127. The molecule has 0 spiro atoms. The van der Waals surface area contributed by atoms with E-state index in [2.05, 4.69) is 22.6 Å². The van der Waals surface area contributed by atoms with Crippen molar-refractivity contribution < 1.29 is 5.11 Å². The van der Waals surface area contributed by atoms with Crippen LogP contribution in [-0.4, -0.2) is 11.2 Å². The van der Waals surface area contributed by atoms with Crippen molar-refractivity contribution in [2.75, 3.05) is 0 Å². The normalized spacial score (nSPS) is 15.4. The maximum absolute atomic E-state index is 9.52. The predicted molar refractivity (Wildman–Crippen MR) is 62.4 cm³/mol. The van der Waals surface area contributed by atoms with Gasteiger partial charge in [0.15, 0.2) is 0 Å². The van der Waals surface area contributed by atoms with Gasteiger partial charge in [-0.3, -0.25) is 0 Å². The summed E-state index contributed by atoms with van der Waals surface area (Å²) in [7, 11) is 0. The van der Waals surface area contributed by atoms with Crippen LogP contribution < -0.4 is 5.73 Å². The van der Waals surface area contributed by atoms with Crippen molar-refractivity contribution in [1.82, 2.24) is 0 Å². The third-order valence-electron chi connectivity index (χ3n) is 2.09. The standard InChI is InChI=1S/C10H14INO/c1-2-9(13)10(12)7-3-5-8(11)6-4-7/h3-6,9-10,13H,2,12H2,1H3. The Kier molecular flexibility index (Phi) is 4.15. The summed E-state index contributed by atoms with van der Waals surface area (Å²) in [6.45, 7) is 1.93. The predicted octanol–water partition coefficient (Wildman–Crippen LogP) is 2.06. The molecule has 0 aliphatic carbocycles. The first-order valence-electron chi connectivity index (χ1n) is 4.34. The molecule has 0 saturated heterocycles. The first kappa shape index (κ1) is 10.9. The van der Waals surface area contributed by atoms with Crippen LogP contribution in [0.4, 0.5) is 0 Å². The first-order chi connectivity index (χ1) is 6.15. The molecule has 1 rings (SSSR count). The molecule has 0 saturated carbocycles. The minimum Gasteiger partial charge on any atom is -0.391 e. The second-order valence-electron chi connectivity index (χ2n) is 3.05. The molecule has 1 aromatic carbocycles. The molecular formula is C10H14INO. The van der Waals surface area contributed by atoms with Gasteiger partial charge < -0.3 is 10.8 Å². The molecule has 0 bridgehead atoms. The summed E-state index contributed by atoms with van der Waals surface area (Å²) in [5, 5.41) is 9.52. The van der Waals surface area contributed by atoms with Crippen LogP contribution in [0, 0.1) is 3.57 Å². The lowest BCUT2D eigenvalue weighted by molar-refractivity contribution is 0.140. The van der Waals surface area contributed by atoms with Crippen LogP contribution in [0.2, 0.25) is 0 Å². The van der Waals surface area contributed by atoms with Crippen molar-refractivity contribution in [1.29, 1.82) is 0 Å².